The van der Waals surface area contributed by atoms with E-state index in [1.54, 1.807) is 4.90 Å². The van der Waals surface area contributed by atoms with E-state index >= 15 is 0 Å². The number of anilines is 3. The lowest BCUT2D eigenvalue weighted by atomic mass is 10.1. The summed E-state index contributed by atoms with van der Waals surface area (Å²) in [7, 11) is 0. The van der Waals surface area contributed by atoms with Gasteiger partial charge in [0.15, 0.2) is 0 Å². The van der Waals surface area contributed by atoms with Crippen molar-refractivity contribution >= 4 is 23.9 Å². The highest BCUT2D eigenvalue weighted by atomic mass is 16.1. The van der Waals surface area contributed by atoms with Crippen molar-refractivity contribution in [2.45, 2.75) is 13.3 Å². The van der Waals surface area contributed by atoms with Gasteiger partial charge in [-0.25, -0.2) is 4.98 Å². The largest absolute Gasteiger partial charge is 0.353 e. The maximum absolute atomic E-state index is 11.0. The minimum atomic E-state index is 0.583. The van der Waals surface area contributed by atoms with E-state index in [1.807, 2.05) is 36.4 Å². The number of nitrogens with zero attached hydrogens (tertiary/aromatic N) is 4. The Balaban J connectivity index is 1.69. The molecular formula is C23H25N5O. The van der Waals surface area contributed by atoms with E-state index in [-0.39, 0.29) is 0 Å². The zero-order chi connectivity index (χ0) is 20.1. The first-order valence-electron chi connectivity index (χ1n) is 10.0. The minimum absolute atomic E-state index is 0.583. The quantitative estimate of drug-likeness (QED) is 0.653. The van der Waals surface area contributed by atoms with E-state index in [0.29, 0.717) is 19.0 Å². The predicted octanol–water partition coefficient (Wildman–Crippen LogP) is 3.73. The van der Waals surface area contributed by atoms with Gasteiger partial charge in [0, 0.05) is 43.5 Å². The van der Waals surface area contributed by atoms with Crippen molar-refractivity contribution in [2.75, 3.05) is 36.4 Å². The van der Waals surface area contributed by atoms with E-state index < -0.39 is 0 Å². The molecule has 0 radical (unpaired) electrons. The van der Waals surface area contributed by atoms with E-state index in [2.05, 4.69) is 41.4 Å². The highest BCUT2D eigenvalue weighted by Crippen LogP contribution is 2.26. The molecule has 29 heavy (non-hydrogen) atoms. The van der Waals surface area contributed by atoms with Gasteiger partial charge in [0.1, 0.15) is 5.82 Å². The molecule has 0 spiro atoms. The average Bonchev–Trinajstić information content (AvgIpc) is 2.80. The Morgan fingerprint density at radius 2 is 1.69 bits per heavy atom. The fraction of sp³-hybridized carbons (Fsp3) is 0.261. The number of carbonyl (C=O) groups excluding carboxylic acids is 1. The van der Waals surface area contributed by atoms with Crippen LogP contribution in [0.25, 0.3) is 11.3 Å². The summed E-state index contributed by atoms with van der Waals surface area (Å²) >= 11 is 0. The highest BCUT2D eigenvalue weighted by molar-refractivity contribution is 5.67. The van der Waals surface area contributed by atoms with Crippen LogP contribution in [0, 0.1) is 0 Å². The Bertz CT molecular complexity index is 968. The molecule has 4 rings (SSSR count). The molecule has 0 bridgehead atoms. The molecule has 1 amide bonds. The van der Waals surface area contributed by atoms with E-state index in [9.17, 15) is 4.79 Å². The van der Waals surface area contributed by atoms with Crippen molar-refractivity contribution in [1.29, 1.82) is 0 Å². The van der Waals surface area contributed by atoms with Gasteiger partial charge in [-0.3, -0.25) is 4.79 Å². The van der Waals surface area contributed by atoms with Crippen LogP contribution in [0.3, 0.4) is 0 Å². The Labute approximate surface area is 171 Å². The van der Waals surface area contributed by atoms with Crippen molar-refractivity contribution in [3.8, 4) is 11.3 Å². The van der Waals surface area contributed by atoms with Crippen LogP contribution in [0.2, 0.25) is 0 Å². The van der Waals surface area contributed by atoms with Crippen molar-refractivity contribution in [3.63, 3.8) is 0 Å². The van der Waals surface area contributed by atoms with Crippen LogP contribution in [0.4, 0.5) is 17.5 Å². The second kappa shape index (κ2) is 8.73. The second-order valence-electron chi connectivity index (χ2n) is 7.07. The molecular weight excluding hydrogens is 362 g/mol. The van der Waals surface area contributed by atoms with Crippen LogP contribution >= 0.6 is 0 Å². The standard InChI is InChI=1S/C23H25N5O/c1-2-18-8-6-7-11-20(18)24-23-25-21(19-9-4-3-5-10-19)16-22(26-23)28-14-12-27(17-29)13-15-28/h3-11,16-17H,2,12-15H2,1H3,(H,24,25,26). The van der Waals surface area contributed by atoms with Crippen molar-refractivity contribution in [3.05, 3.63) is 66.2 Å². The van der Waals surface area contributed by atoms with E-state index in [0.717, 1.165) is 48.7 Å². The molecule has 6 nitrogen and oxygen atoms in total. The summed E-state index contributed by atoms with van der Waals surface area (Å²) in [4.78, 5) is 24.6. The van der Waals surface area contributed by atoms with E-state index in [4.69, 9.17) is 9.97 Å². The molecule has 1 aliphatic heterocycles. The molecule has 3 aromatic rings. The molecule has 0 unspecified atom stereocenters. The summed E-state index contributed by atoms with van der Waals surface area (Å²) in [6.07, 6.45) is 1.85. The Hall–Kier alpha value is -3.41. The number of hydrogen-bond donors (Lipinski definition) is 1. The molecule has 1 aliphatic rings. The number of carbonyl (C=O) groups is 1. The summed E-state index contributed by atoms with van der Waals surface area (Å²) in [6, 6.07) is 20.4. The maximum Gasteiger partial charge on any atom is 0.229 e. The molecule has 1 saturated heterocycles. The predicted molar refractivity (Wildman–Crippen MR) is 116 cm³/mol. The van der Waals surface area contributed by atoms with Crippen LogP contribution in [0.5, 0.6) is 0 Å². The molecule has 0 saturated carbocycles. The van der Waals surface area contributed by atoms with Gasteiger partial charge in [0.05, 0.1) is 5.69 Å². The fourth-order valence-electron chi connectivity index (χ4n) is 3.54. The SMILES string of the molecule is CCc1ccccc1Nc1nc(-c2ccccc2)cc(N2CCN(C=O)CC2)n1. The van der Waals surface area contributed by atoms with Gasteiger partial charge in [-0.05, 0) is 18.1 Å². The highest BCUT2D eigenvalue weighted by Gasteiger charge is 2.19. The van der Waals surface area contributed by atoms with Crippen molar-refractivity contribution in [2.24, 2.45) is 0 Å². The lowest BCUT2D eigenvalue weighted by Gasteiger charge is -2.33. The van der Waals surface area contributed by atoms with Crippen LogP contribution in [0.1, 0.15) is 12.5 Å². The number of para-hydroxylation sites is 1. The van der Waals surface area contributed by atoms with Crippen LogP contribution < -0.4 is 10.2 Å². The molecule has 1 fully saturated rings. The van der Waals surface area contributed by atoms with Gasteiger partial charge >= 0.3 is 0 Å². The number of benzene rings is 2. The zero-order valence-electron chi connectivity index (χ0n) is 16.6. The van der Waals surface area contributed by atoms with Gasteiger partial charge in [0.2, 0.25) is 12.4 Å². The van der Waals surface area contributed by atoms with Gasteiger partial charge < -0.3 is 15.1 Å². The lowest BCUT2D eigenvalue weighted by molar-refractivity contribution is -0.118. The molecule has 2 heterocycles. The summed E-state index contributed by atoms with van der Waals surface area (Å²) in [5.41, 5.74) is 4.18. The smallest absolute Gasteiger partial charge is 0.229 e. The molecule has 6 heteroatoms. The van der Waals surface area contributed by atoms with Gasteiger partial charge in [0.25, 0.3) is 0 Å². The normalized spacial score (nSPS) is 14.0. The van der Waals surface area contributed by atoms with Crippen LogP contribution in [-0.4, -0.2) is 47.5 Å². The third-order valence-electron chi connectivity index (χ3n) is 5.21. The Kier molecular flexibility index (Phi) is 5.70. The molecule has 0 atom stereocenters. The fourth-order valence-corrected chi connectivity index (χ4v) is 3.54. The number of aromatic nitrogens is 2. The third kappa shape index (κ3) is 4.37. The Morgan fingerprint density at radius 1 is 0.966 bits per heavy atom. The van der Waals surface area contributed by atoms with E-state index in [1.165, 1.54) is 5.56 Å². The first-order valence-corrected chi connectivity index (χ1v) is 10.0. The lowest BCUT2D eigenvalue weighted by Crippen LogP contribution is -2.46. The zero-order valence-corrected chi connectivity index (χ0v) is 16.6. The van der Waals surface area contributed by atoms with Crippen molar-refractivity contribution in [1.82, 2.24) is 14.9 Å². The van der Waals surface area contributed by atoms with Crippen LogP contribution in [0.15, 0.2) is 60.7 Å². The first-order chi connectivity index (χ1) is 14.3. The summed E-state index contributed by atoms with van der Waals surface area (Å²) < 4.78 is 0. The number of amides is 1. The number of rotatable bonds is 6. The molecule has 2 aromatic carbocycles. The molecule has 1 N–H and O–H groups in total. The number of aryl methyl sites for hydroxylation is 1. The van der Waals surface area contributed by atoms with Crippen molar-refractivity contribution < 1.29 is 4.79 Å². The number of nitrogens with one attached hydrogen (secondary N) is 1. The maximum atomic E-state index is 11.0. The summed E-state index contributed by atoms with van der Waals surface area (Å²) in [5.74, 6) is 1.46. The second-order valence-corrected chi connectivity index (χ2v) is 7.07. The molecule has 148 valence electrons. The molecule has 0 aliphatic carbocycles. The number of hydrogen-bond acceptors (Lipinski definition) is 5. The third-order valence-corrected chi connectivity index (χ3v) is 5.21. The summed E-state index contributed by atoms with van der Waals surface area (Å²) in [5, 5.41) is 3.42. The minimum Gasteiger partial charge on any atom is -0.353 e. The average molecular weight is 387 g/mol. The van der Waals surface area contributed by atoms with Gasteiger partial charge in [-0.1, -0.05) is 55.5 Å². The summed E-state index contributed by atoms with van der Waals surface area (Å²) in [6.45, 7) is 5.06. The van der Waals surface area contributed by atoms with Gasteiger partial charge in [-0.2, -0.15) is 4.98 Å². The Morgan fingerprint density at radius 3 is 2.41 bits per heavy atom. The molecule has 1 aromatic heterocycles. The topological polar surface area (TPSA) is 61.4 Å². The monoisotopic (exact) mass is 387 g/mol. The number of piperazine rings is 1. The van der Waals surface area contributed by atoms with Gasteiger partial charge in [-0.15, -0.1) is 0 Å². The van der Waals surface area contributed by atoms with Crippen LogP contribution in [-0.2, 0) is 11.2 Å². The first kappa shape index (κ1) is 18.9.